The summed E-state index contributed by atoms with van der Waals surface area (Å²) in [6.45, 7) is 0. The molecule has 0 saturated heterocycles. The Morgan fingerprint density at radius 3 is 2.85 bits per heavy atom. The largest absolute Gasteiger partial charge is 0.619 e. The molecule has 3 rings (SSSR count). The predicted molar refractivity (Wildman–Crippen MR) is 75.1 cm³/mol. The molecule has 98 valence electrons. The van der Waals surface area contributed by atoms with Gasteiger partial charge in [-0.05, 0) is 18.2 Å². The molecule has 3 aromatic rings. The maximum absolute atomic E-state index is 12.1. The lowest BCUT2D eigenvalue weighted by atomic mass is 10.2. The number of benzene rings is 1. The van der Waals surface area contributed by atoms with Crippen LogP contribution in [0.15, 0.2) is 61.1 Å². The van der Waals surface area contributed by atoms with Crippen LogP contribution in [0.3, 0.4) is 0 Å². The molecule has 2 heterocycles. The summed E-state index contributed by atoms with van der Waals surface area (Å²) in [7, 11) is 0. The minimum absolute atomic E-state index is 0.301. The molecule has 0 bridgehead atoms. The molecule has 0 spiro atoms. The second-order valence-electron chi connectivity index (χ2n) is 4.29. The van der Waals surface area contributed by atoms with Crippen LogP contribution in [-0.4, -0.2) is 10.9 Å². The van der Waals surface area contributed by atoms with E-state index in [1.165, 1.54) is 18.5 Å². The van der Waals surface area contributed by atoms with Crippen LogP contribution < -0.4 is 10.0 Å². The molecule has 0 aliphatic rings. The normalized spacial score (nSPS) is 10.4. The third-order valence-electron chi connectivity index (χ3n) is 2.92. The molecule has 0 radical (unpaired) electrons. The molecule has 5 nitrogen and oxygen atoms in total. The number of nitrogens with one attached hydrogen (secondary N) is 1. The fourth-order valence-electron chi connectivity index (χ4n) is 1.99. The molecule has 1 N–H and O–H groups in total. The van der Waals surface area contributed by atoms with Gasteiger partial charge in [0.1, 0.15) is 5.56 Å². The van der Waals surface area contributed by atoms with Crippen LogP contribution in [0, 0.1) is 5.21 Å². The van der Waals surface area contributed by atoms with Gasteiger partial charge in [-0.15, -0.1) is 0 Å². The molecule has 1 amide bonds. The van der Waals surface area contributed by atoms with Crippen molar-refractivity contribution in [1.82, 2.24) is 4.98 Å². The van der Waals surface area contributed by atoms with Crippen molar-refractivity contribution < 1.29 is 9.52 Å². The standard InChI is InChI=1S/C15H11N3O2/c19-15(12-6-3-9-18(20)10-12)17-13-7-1-4-11-5-2-8-16-14(11)13/h1-10H,(H,17,19). The minimum atomic E-state index is -0.339. The van der Waals surface area contributed by atoms with E-state index in [9.17, 15) is 10.0 Å². The molecular formula is C15H11N3O2. The van der Waals surface area contributed by atoms with Crippen LogP contribution in [-0.2, 0) is 0 Å². The summed E-state index contributed by atoms with van der Waals surface area (Å²) in [6.07, 6.45) is 4.23. The molecule has 0 saturated carbocycles. The van der Waals surface area contributed by atoms with E-state index in [0.717, 1.165) is 5.39 Å². The highest BCUT2D eigenvalue weighted by Gasteiger charge is 2.11. The van der Waals surface area contributed by atoms with Gasteiger partial charge < -0.3 is 10.5 Å². The molecular weight excluding hydrogens is 254 g/mol. The number of aromatic nitrogens is 2. The monoisotopic (exact) mass is 265 g/mol. The number of rotatable bonds is 2. The Hall–Kier alpha value is -2.95. The molecule has 1 aromatic carbocycles. The lowest BCUT2D eigenvalue weighted by Gasteiger charge is -2.07. The number of hydrogen-bond donors (Lipinski definition) is 1. The maximum atomic E-state index is 12.1. The Kier molecular flexibility index (Phi) is 3.01. The number of hydrogen-bond acceptors (Lipinski definition) is 3. The van der Waals surface area contributed by atoms with Crippen molar-refractivity contribution >= 4 is 22.5 Å². The smallest absolute Gasteiger partial charge is 0.261 e. The average Bonchev–Trinajstić information content (AvgIpc) is 2.47. The van der Waals surface area contributed by atoms with Crippen LogP contribution in [0.25, 0.3) is 10.9 Å². The third-order valence-corrected chi connectivity index (χ3v) is 2.92. The van der Waals surface area contributed by atoms with Crippen molar-refractivity contribution in [2.24, 2.45) is 0 Å². The van der Waals surface area contributed by atoms with Crippen LogP contribution >= 0.6 is 0 Å². The number of anilines is 1. The van der Waals surface area contributed by atoms with Crippen molar-refractivity contribution in [2.45, 2.75) is 0 Å². The number of fused-ring (bicyclic) bond motifs is 1. The number of amides is 1. The molecule has 0 aliphatic heterocycles. The lowest BCUT2D eigenvalue weighted by Crippen LogP contribution is -2.27. The van der Waals surface area contributed by atoms with Gasteiger partial charge in [0.15, 0.2) is 12.4 Å². The average molecular weight is 265 g/mol. The first-order valence-corrected chi connectivity index (χ1v) is 6.08. The van der Waals surface area contributed by atoms with E-state index in [1.807, 2.05) is 24.3 Å². The van der Waals surface area contributed by atoms with Gasteiger partial charge in [-0.25, -0.2) is 0 Å². The summed E-state index contributed by atoms with van der Waals surface area (Å²) in [5.74, 6) is -0.339. The predicted octanol–water partition coefficient (Wildman–Crippen LogP) is 2.12. The van der Waals surface area contributed by atoms with Crippen molar-refractivity contribution in [3.63, 3.8) is 0 Å². The van der Waals surface area contributed by atoms with Gasteiger partial charge >= 0.3 is 0 Å². The summed E-state index contributed by atoms with van der Waals surface area (Å²) < 4.78 is 0.594. The van der Waals surface area contributed by atoms with Crippen molar-refractivity contribution in [3.05, 3.63) is 71.8 Å². The summed E-state index contributed by atoms with van der Waals surface area (Å²) >= 11 is 0. The SMILES string of the molecule is O=C(Nc1cccc2cccnc12)c1ccc[n+]([O-])c1. The van der Waals surface area contributed by atoms with Crippen LogP contribution in [0.4, 0.5) is 5.69 Å². The summed E-state index contributed by atoms with van der Waals surface area (Å²) in [4.78, 5) is 16.4. The van der Waals surface area contributed by atoms with Crippen LogP contribution in [0.5, 0.6) is 0 Å². The quantitative estimate of drug-likeness (QED) is 0.570. The van der Waals surface area contributed by atoms with Gasteiger partial charge in [0, 0.05) is 17.6 Å². The van der Waals surface area contributed by atoms with Gasteiger partial charge in [-0.3, -0.25) is 9.78 Å². The fraction of sp³-hybridized carbons (Fsp3) is 0. The number of carbonyl (C=O) groups is 1. The van der Waals surface area contributed by atoms with Crippen molar-refractivity contribution in [1.29, 1.82) is 0 Å². The summed E-state index contributed by atoms with van der Waals surface area (Å²) in [6, 6.07) is 12.4. The van der Waals surface area contributed by atoms with E-state index in [-0.39, 0.29) is 5.91 Å². The first kappa shape index (κ1) is 12.1. The van der Waals surface area contributed by atoms with Gasteiger partial charge in [0.05, 0.1) is 11.2 Å². The van der Waals surface area contributed by atoms with Gasteiger partial charge in [-0.2, -0.15) is 4.73 Å². The highest BCUT2D eigenvalue weighted by Crippen LogP contribution is 2.21. The van der Waals surface area contributed by atoms with E-state index < -0.39 is 0 Å². The van der Waals surface area contributed by atoms with Crippen LogP contribution in [0.2, 0.25) is 0 Å². The molecule has 5 heteroatoms. The van der Waals surface area contributed by atoms with E-state index in [0.29, 0.717) is 21.5 Å². The zero-order valence-corrected chi connectivity index (χ0v) is 10.5. The van der Waals surface area contributed by atoms with Gasteiger partial charge in [0.25, 0.3) is 5.91 Å². The number of nitrogens with zero attached hydrogens (tertiary/aromatic N) is 2. The molecule has 0 fully saturated rings. The Morgan fingerprint density at radius 1 is 1.15 bits per heavy atom. The first-order chi connectivity index (χ1) is 9.74. The van der Waals surface area contributed by atoms with Crippen LogP contribution in [0.1, 0.15) is 10.4 Å². The Balaban J connectivity index is 1.95. The second-order valence-corrected chi connectivity index (χ2v) is 4.29. The zero-order chi connectivity index (χ0) is 13.9. The van der Waals surface area contributed by atoms with Crippen molar-refractivity contribution in [3.8, 4) is 0 Å². The number of para-hydroxylation sites is 1. The first-order valence-electron chi connectivity index (χ1n) is 6.08. The summed E-state index contributed by atoms with van der Waals surface area (Å²) in [5, 5.41) is 14.9. The molecule has 0 aliphatic carbocycles. The van der Waals surface area contributed by atoms with Gasteiger partial charge in [0.2, 0.25) is 0 Å². The number of carbonyl (C=O) groups excluding carboxylic acids is 1. The Bertz CT molecular complexity index is 781. The van der Waals surface area contributed by atoms with Gasteiger partial charge in [-0.1, -0.05) is 18.2 Å². The van der Waals surface area contributed by atoms with E-state index in [2.05, 4.69) is 10.3 Å². The van der Waals surface area contributed by atoms with Crippen molar-refractivity contribution in [2.75, 3.05) is 5.32 Å². The van der Waals surface area contributed by atoms with E-state index in [1.54, 1.807) is 18.3 Å². The molecule has 0 unspecified atom stereocenters. The Labute approximate surface area is 115 Å². The Morgan fingerprint density at radius 2 is 2.00 bits per heavy atom. The highest BCUT2D eigenvalue weighted by atomic mass is 16.5. The summed E-state index contributed by atoms with van der Waals surface area (Å²) in [5.41, 5.74) is 1.64. The van der Waals surface area contributed by atoms with E-state index in [4.69, 9.17) is 0 Å². The topological polar surface area (TPSA) is 68.9 Å². The second kappa shape index (κ2) is 4.97. The zero-order valence-electron chi connectivity index (χ0n) is 10.5. The highest BCUT2D eigenvalue weighted by molar-refractivity contribution is 6.07. The fourth-order valence-corrected chi connectivity index (χ4v) is 1.99. The molecule has 2 aromatic heterocycles. The molecule has 20 heavy (non-hydrogen) atoms. The minimum Gasteiger partial charge on any atom is -0.619 e. The van der Waals surface area contributed by atoms with E-state index >= 15 is 0 Å². The molecule has 0 atom stereocenters. The lowest BCUT2D eigenvalue weighted by molar-refractivity contribution is -0.605. The maximum Gasteiger partial charge on any atom is 0.261 e. The third kappa shape index (κ3) is 2.29. The number of pyridine rings is 2.